The lowest BCUT2D eigenvalue weighted by molar-refractivity contribution is -0.144. The summed E-state index contributed by atoms with van der Waals surface area (Å²) >= 11 is 1.50. The van der Waals surface area contributed by atoms with E-state index in [1.165, 1.54) is 61.1 Å². The molecule has 0 spiro atoms. The van der Waals surface area contributed by atoms with Gasteiger partial charge in [-0.1, -0.05) is 75.8 Å². The van der Waals surface area contributed by atoms with Crippen molar-refractivity contribution in [2.45, 2.75) is 166 Å². The number of unbranched alkanes of at least 4 members (excludes halogenated alkanes) is 12. The number of nitrogens with one attached hydrogen (secondary N) is 7. The molecule has 0 unspecified atom stereocenters. The van der Waals surface area contributed by atoms with Gasteiger partial charge in [-0.15, -0.1) is 10.2 Å². The summed E-state index contributed by atoms with van der Waals surface area (Å²) in [5.74, 6) is -7.71. The number of hydrogen-bond donors (Lipinski definition) is 10. The van der Waals surface area contributed by atoms with Crippen molar-refractivity contribution in [3.05, 3.63) is 5.82 Å². The monoisotopic (exact) mass is 1260 g/mol. The van der Waals surface area contributed by atoms with E-state index >= 15 is 0 Å². The number of rotatable bonds is 52. The second kappa shape index (κ2) is 45.2. The molecule has 0 saturated carbocycles. The molecule has 450 valence electrons. The number of hydrogen-bond acceptors (Lipinski definition) is 19. The summed E-state index contributed by atoms with van der Waals surface area (Å²) in [6.07, 6.45) is 13.0. The van der Waals surface area contributed by atoms with Gasteiger partial charge >= 0.3 is 17.9 Å². The number of carboxylic acid groups (broad SMARTS) is 3. The second-order valence-corrected chi connectivity index (χ2v) is 21.3. The number of carbonyl (C=O) groups excluding carboxylic acids is 7. The van der Waals surface area contributed by atoms with Crippen LogP contribution in [0.1, 0.15) is 147 Å². The smallest absolute Gasteiger partial charge is 0.326 e. The summed E-state index contributed by atoms with van der Waals surface area (Å²) in [6, 6.07) is -4.18. The summed E-state index contributed by atoms with van der Waals surface area (Å²) in [6.45, 7) is -0.281. The third-order valence-electron chi connectivity index (χ3n) is 11.5. The van der Waals surface area contributed by atoms with Crippen LogP contribution < -0.4 is 31.3 Å². The Bertz CT molecular complexity index is 2090. The largest absolute Gasteiger partial charge is 0.480 e. The van der Waals surface area contributed by atoms with Crippen LogP contribution in [0.5, 0.6) is 0 Å². The summed E-state index contributed by atoms with van der Waals surface area (Å²) < 4.78 is 47.6. The van der Waals surface area contributed by atoms with Gasteiger partial charge in [-0.25, -0.2) is 22.8 Å². The van der Waals surface area contributed by atoms with Crippen molar-refractivity contribution < 1.29 is 90.6 Å². The van der Waals surface area contributed by atoms with Gasteiger partial charge in [0.15, 0.2) is 9.61 Å². The van der Waals surface area contributed by atoms with Crippen molar-refractivity contribution in [1.29, 1.82) is 0 Å². The van der Waals surface area contributed by atoms with E-state index in [0.29, 0.717) is 6.42 Å². The predicted octanol–water partition coefficient (Wildman–Crippen LogP) is 0.739. The van der Waals surface area contributed by atoms with E-state index in [9.17, 15) is 71.7 Å². The van der Waals surface area contributed by atoms with Crippen LogP contribution in [-0.2, 0) is 83.3 Å². The van der Waals surface area contributed by atoms with Gasteiger partial charge in [-0.2, -0.15) is 5.21 Å². The number of ether oxygens (including phenoxy) is 4. The quantitative estimate of drug-likeness (QED) is 0.0244. The number of amides is 6. The first-order valence-electron chi connectivity index (χ1n) is 26.6. The lowest BCUT2D eigenvalue weighted by Crippen LogP contribution is -2.44. The number of aromatic amines is 1. The Morgan fingerprint density at radius 3 is 1.39 bits per heavy atom. The van der Waals surface area contributed by atoms with Crippen molar-refractivity contribution in [2.24, 2.45) is 0 Å². The first-order valence-corrected chi connectivity index (χ1v) is 29.4. The van der Waals surface area contributed by atoms with Crippen LogP contribution in [0.2, 0.25) is 0 Å². The molecule has 0 aliphatic heterocycles. The Morgan fingerprint density at radius 2 is 0.899 bits per heavy atom. The Kier molecular flexibility index (Phi) is 41.0. The van der Waals surface area contributed by atoms with Crippen LogP contribution in [0.25, 0.3) is 0 Å². The van der Waals surface area contributed by atoms with Gasteiger partial charge in [-0.3, -0.25) is 38.3 Å². The molecule has 1 aromatic rings. The van der Waals surface area contributed by atoms with Gasteiger partial charge in [0, 0.05) is 51.6 Å². The van der Waals surface area contributed by atoms with E-state index in [2.05, 4.69) is 47.2 Å². The van der Waals surface area contributed by atoms with Crippen molar-refractivity contribution in [1.82, 2.24) is 51.9 Å². The molecule has 10 N–H and O–H groups in total. The van der Waals surface area contributed by atoms with Crippen LogP contribution in [0, 0.1) is 0 Å². The highest BCUT2D eigenvalue weighted by Gasteiger charge is 2.25. The molecule has 1 rings (SSSR count). The SMILES string of the molecule is O=C(I)CC[C@H](NC(=O)CC[C@H](NC(=O)COCCOCCNC(=O)COCCOCCNC(=O)CC[C@H](NC(=O)CCCS(=O)(=O)NC(=O)CCCCCCCCCCCCCCCc1nn[nH]n1)C(=O)O)C(=O)O)C(=O)O. The number of tetrazole rings is 1. The maximum atomic E-state index is 12.4. The minimum Gasteiger partial charge on any atom is -0.480 e. The van der Waals surface area contributed by atoms with Crippen molar-refractivity contribution in [3.8, 4) is 0 Å². The average Bonchev–Trinajstić information content (AvgIpc) is 3.91. The number of halogens is 1. The number of aromatic nitrogens is 4. The molecule has 0 aliphatic carbocycles. The highest BCUT2D eigenvalue weighted by atomic mass is 127. The fourth-order valence-corrected chi connectivity index (χ4v) is 8.67. The molecule has 3 atom stereocenters. The fourth-order valence-electron chi connectivity index (χ4n) is 7.28. The minimum absolute atomic E-state index is 0.0354. The highest BCUT2D eigenvalue weighted by molar-refractivity contribution is 14.1. The van der Waals surface area contributed by atoms with E-state index in [4.69, 9.17) is 18.9 Å². The third-order valence-corrected chi connectivity index (χ3v) is 13.4. The zero-order chi connectivity index (χ0) is 58.5. The molecule has 0 saturated heterocycles. The Hall–Kier alpha value is -5.51. The molecule has 1 heterocycles. The molecule has 79 heavy (non-hydrogen) atoms. The summed E-state index contributed by atoms with van der Waals surface area (Å²) in [4.78, 5) is 119. The molecular formula is C48H81IN10O19S. The zero-order valence-electron chi connectivity index (χ0n) is 44.8. The molecule has 29 nitrogen and oxygen atoms in total. The molecule has 0 fully saturated rings. The number of sulfonamides is 1. The molecular weight excluding hydrogens is 1180 g/mol. The standard InChI is InChI=1S/C48H81IN10O19S/c49-38(60)21-18-35(46(67)68)53-42(63)23-20-37(48(71)72)54-45(66)34-78-31-29-76-27-25-51-44(65)33-77-30-28-75-26-24-50-40(61)22-19-36(47(69)70)52-41(62)17-14-32-79(73,74)57-43(64)16-13-11-9-7-5-3-1-2-4-6-8-10-12-15-39-55-58-59-56-39/h35-37H,1-34H2,(H,50,61)(H,51,65)(H,52,62)(H,53,63)(H,54,66)(H,57,64)(H,67,68)(H,69,70)(H,71,72)(H,55,56,58,59)/t35-,36-,37-/m0/s1. The normalized spacial score (nSPS) is 12.4. The molecule has 0 aliphatic rings. The molecule has 1 aromatic heterocycles. The summed E-state index contributed by atoms with van der Waals surface area (Å²) in [5, 5.41) is 53.9. The average molecular weight is 1260 g/mol. The molecule has 31 heteroatoms. The maximum absolute atomic E-state index is 12.4. The predicted molar refractivity (Wildman–Crippen MR) is 288 cm³/mol. The first-order chi connectivity index (χ1) is 37.8. The highest BCUT2D eigenvalue weighted by Crippen LogP contribution is 2.14. The van der Waals surface area contributed by atoms with E-state index in [0.717, 1.165) is 50.8 Å². The second-order valence-electron chi connectivity index (χ2n) is 18.2. The number of carbonyl (C=O) groups is 10. The van der Waals surface area contributed by atoms with Gasteiger partial charge in [0.2, 0.25) is 45.5 Å². The number of H-pyrrole nitrogens is 1. The van der Waals surface area contributed by atoms with Gasteiger partial charge in [0.1, 0.15) is 31.3 Å². The van der Waals surface area contributed by atoms with Crippen LogP contribution in [-0.4, -0.2) is 191 Å². The molecule has 0 radical (unpaired) electrons. The number of carboxylic acids is 3. The van der Waals surface area contributed by atoms with Crippen LogP contribution in [0.4, 0.5) is 0 Å². The van der Waals surface area contributed by atoms with E-state index in [1.807, 2.05) is 4.72 Å². The third kappa shape index (κ3) is 42.1. The molecule has 0 bridgehead atoms. The minimum atomic E-state index is -3.99. The number of nitrogens with zero attached hydrogens (tertiary/aromatic N) is 3. The van der Waals surface area contributed by atoms with Gasteiger partial charge in [0.05, 0.1) is 45.4 Å². The summed E-state index contributed by atoms with van der Waals surface area (Å²) in [5.41, 5.74) is 0. The van der Waals surface area contributed by atoms with Gasteiger partial charge in [-0.05, 0) is 61.1 Å². The van der Waals surface area contributed by atoms with Crippen molar-refractivity contribution in [3.63, 3.8) is 0 Å². The van der Waals surface area contributed by atoms with Crippen LogP contribution in [0.15, 0.2) is 0 Å². The van der Waals surface area contributed by atoms with E-state index in [1.54, 1.807) is 0 Å². The lowest BCUT2D eigenvalue weighted by Gasteiger charge is -2.16. The number of aryl methyl sites for hydroxylation is 1. The van der Waals surface area contributed by atoms with Crippen molar-refractivity contribution >= 4 is 89.8 Å². The molecule has 0 aromatic carbocycles. The van der Waals surface area contributed by atoms with Crippen molar-refractivity contribution in [2.75, 3.05) is 71.7 Å². The van der Waals surface area contributed by atoms with Gasteiger partial charge < -0.3 is 60.9 Å². The Labute approximate surface area is 473 Å². The van der Waals surface area contributed by atoms with Crippen LogP contribution in [0.3, 0.4) is 0 Å². The fraction of sp³-hybridized carbons (Fsp3) is 0.771. The summed E-state index contributed by atoms with van der Waals surface area (Å²) in [7, 11) is -3.99. The zero-order valence-corrected chi connectivity index (χ0v) is 47.7. The topological polar surface area (TPSA) is 429 Å². The lowest BCUT2D eigenvalue weighted by atomic mass is 10.0. The Balaban J connectivity index is 2.04. The molecule has 6 amide bonds. The Morgan fingerprint density at radius 1 is 0.481 bits per heavy atom. The van der Waals surface area contributed by atoms with E-state index in [-0.39, 0.29) is 114 Å². The van der Waals surface area contributed by atoms with Crippen LogP contribution >= 0.6 is 22.6 Å². The first kappa shape index (κ1) is 71.5. The number of aliphatic carboxylic acids is 3. The van der Waals surface area contributed by atoms with E-state index < -0.39 is 100 Å². The van der Waals surface area contributed by atoms with Gasteiger partial charge in [0.25, 0.3) is 0 Å². The maximum Gasteiger partial charge on any atom is 0.326 e.